The normalized spacial score (nSPS) is 9.45. The molecule has 0 aliphatic rings. The van der Waals surface area contributed by atoms with Gasteiger partial charge in [0.2, 0.25) is 0 Å². The number of carbonyl (C=O) groups is 1. The van der Waals surface area contributed by atoms with E-state index in [1.54, 1.807) is 0 Å². The summed E-state index contributed by atoms with van der Waals surface area (Å²) in [4.78, 5) is 8.56. The third-order valence-electron chi connectivity index (χ3n) is 3.10. The second kappa shape index (κ2) is 7.64. The van der Waals surface area contributed by atoms with Crippen LogP contribution in [0.5, 0.6) is 0 Å². The molecule has 0 aliphatic carbocycles. The van der Waals surface area contributed by atoms with E-state index < -0.39 is 6.16 Å². The second-order valence-corrected chi connectivity index (χ2v) is 4.59. The number of hydrogen-bond donors (Lipinski definition) is 2. The zero-order valence-corrected chi connectivity index (χ0v) is 11.9. The maximum Gasteiger partial charge on any atom is 0.503 e. The largest absolute Gasteiger partial charge is 0.503 e. The van der Waals surface area contributed by atoms with Crippen LogP contribution < -0.4 is 0 Å². The Morgan fingerprint density at radius 1 is 0.500 bits per heavy atom. The van der Waals surface area contributed by atoms with Crippen LogP contribution in [0.1, 0.15) is 0 Å². The summed E-state index contributed by atoms with van der Waals surface area (Å²) in [5.41, 5.74) is 5.04. The molecule has 22 heavy (non-hydrogen) atoms. The first kappa shape index (κ1) is 15.3. The van der Waals surface area contributed by atoms with E-state index in [0.29, 0.717) is 0 Å². The van der Waals surface area contributed by atoms with Gasteiger partial charge in [-0.2, -0.15) is 0 Å². The van der Waals surface area contributed by atoms with Gasteiger partial charge in [-0.1, -0.05) is 84.9 Å². The molecule has 0 amide bonds. The summed E-state index contributed by atoms with van der Waals surface area (Å²) in [6.45, 7) is 0. The summed E-state index contributed by atoms with van der Waals surface area (Å²) in [5.74, 6) is 0. The van der Waals surface area contributed by atoms with E-state index in [-0.39, 0.29) is 0 Å². The molecular formula is C19H16O3. The van der Waals surface area contributed by atoms with Gasteiger partial charge in [0.05, 0.1) is 0 Å². The van der Waals surface area contributed by atoms with Gasteiger partial charge < -0.3 is 10.2 Å². The molecule has 3 heteroatoms. The van der Waals surface area contributed by atoms with Crippen molar-refractivity contribution in [2.24, 2.45) is 0 Å². The lowest BCUT2D eigenvalue weighted by Gasteiger charge is -2.04. The summed E-state index contributed by atoms with van der Waals surface area (Å²) in [6.07, 6.45) is -1.83. The van der Waals surface area contributed by atoms with Crippen molar-refractivity contribution in [3.05, 3.63) is 84.9 Å². The fraction of sp³-hybridized carbons (Fsp3) is 0. The molecule has 2 N–H and O–H groups in total. The monoisotopic (exact) mass is 292 g/mol. The maximum absolute atomic E-state index is 8.56. The highest BCUT2D eigenvalue weighted by molar-refractivity contribution is 5.70. The van der Waals surface area contributed by atoms with Crippen molar-refractivity contribution in [3.8, 4) is 22.3 Å². The van der Waals surface area contributed by atoms with Gasteiger partial charge >= 0.3 is 6.16 Å². The average molecular weight is 292 g/mol. The Hall–Kier alpha value is -3.07. The average Bonchev–Trinajstić information content (AvgIpc) is 2.56. The van der Waals surface area contributed by atoms with Crippen molar-refractivity contribution in [3.63, 3.8) is 0 Å². The second-order valence-electron chi connectivity index (χ2n) is 4.59. The predicted molar refractivity (Wildman–Crippen MR) is 88.0 cm³/mol. The molecule has 0 atom stereocenters. The van der Waals surface area contributed by atoms with Crippen LogP contribution in [0.25, 0.3) is 22.3 Å². The summed E-state index contributed by atoms with van der Waals surface area (Å²) in [7, 11) is 0. The fourth-order valence-electron chi connectivity index (χ4n) is 2.12. The molecular weight excluding hydrogens is 276 g/mol. The van der Waals surface area contributed by atoms with Gasteiger partial charge in [0.25, 0.3) is 0 Å². The minimum absolute atomic E-state index is 1.26. The lowest BCUT2D eigenvalue weighted by atomic mass is 10.0. The third-order valence-corrected chi connectivity index (χ3v) is 3.10. The summed E-state index contributed by atoms with van der Waals surface area (Å²) in [6, 6.07) is 29.6. The Balaban J connectivity index is 0.000000396. The molecule has 0 spiro atoms. The standard InChI is InChI=1S/C18H14.CH2O3/c1-3-7-15(8-4-1)17-11-13-18(14-12-17)16-9-5-2-6-10-16;2-1(3)4/h1-14H;(H2,2,3,4). The van der Waals surface area contributed by atoms with E-state index in [0.717, 1.165) is 0 Å². The highest BCUT2D eigenvalue weighted by Crippen LogP contribution is 2.24. The molecule has 3 aromatic rings. The third kappa shape index (κ3) is 4.49. The van der Waals surface area contributed by atoms with Crippen LogP contribution in [0.2, 0.25) is 0 Å². The number of rotatable bonds is 2. The van der Waals surface area contributed by atoms with Gasteiger partial charge in [0.1, 0.15) is 0 Å². The summed E-state index contributed by atoms with van der Waals surface area (Å²) in [5, 5.41) is 13.9. The Kier molecular flexibility index (Phi) is 5.32. The van der Waals surface area contributed by atoms with Gasteiger partial charge in [-0.3, -0.25) is 0 Å². The van der Waals surface area contributed by atoms with Gasteiger partial charge in [0, 0.05) is 0 Å². The molecule has 3 rings (SSSR count). The van der Waals surface area contributed by atoms with Gasteiger partial charge in [0.15, 0.2) is 0 Å². The van der Waals surface area contributed by atoms with Crippen molar-refractivity contribution in [2.75, 3.05) is 0 Å². The highest BCUT2D eigenvalue weighted by atomic mass is 16.6. The number of carboxylic acid groups (broad SMARTS) is 2. The van der Waals surface area contributed by atoms with Crippen LogP contribution in [-0.2, 0) is 0 Å². The molecule has 110 valence electrons. The van der Waals surface area contributed by atoms with Crippen LogP contribution in [0.3, 0.4) is 0 Å². The molecule has 0 aliphatic heterocycles. The Morgan fingerprint density at radius 3 is 1.00 bits per heavy atom. The molecule has 0 fully saturated rings. The lowest BCUT2D eigenvalue weighted by molar-refractivity contribution is 0.137. The first-order chi connectivity index (χ1) is 10.7. The molecule has 0 saturated heterocycles. The first-order valence-corrected chi connectivity index (χ1v) is 6.79. The molecule has 3 nitrogen and oxygen atoms in total. The van der Waals surface area contributed by atoms with E-state index in [1.165, 1.54) is 22.3 Å². The van der Waals surface area contributed by atoms with Gasteiger partial charge in [-0.05, 0) is 22.3 Å². The van der Waals surface area contributed by atoms with Crippen LogP contribution in [0.15, 0.2) is 84.9 Å². The van der Waals surface area contributed by atoms with Crippen LogP contribution in [-0.4, -0.2) is 16.4 Å². The first-order valence-electron chi connectivity index (χ1n) is 6.79. The van der Waals surface area contributed by atoms with Crippen molar-refractivity contribution in [1.82, 2.24) is 0 Å². The molecule has 0 unspecified atom stereocenters. The van der Waals surface area contributed by atoms with E-state index in [2.05, 4.69) is 72.8 Å². The molecule has 0 aromatic heterocycles. The molecule has 0 heterocycles. The van der Waals surface area contributed by atoms with Crippen molar-refractivity contribution in [2.45, 2.75) is 0 Å². The van der Waals surface area contributed by atoms with Crippen molar-refractivity contribution < 1.29 is 15.0 Å². The Morgan fingerprint density at radius 2 is 0.727 bits per heavy atom. The molecule has 0 saturated carbocycles. The maximum atomic E-state index is 8.56. The highest BCUT2D eigenvalue weighted by Gasteiger charge is 1.98. The summed E-state index contributed by atoms with van der Waals surface area (Å²) < 4.78 is 0. The van der Waals surface area contributed by atoms with Crippen molar-refractivity contribution >= 4 is 6.16 Å². The smallest absolute Gasteiger partial charge is 0.450 e. The SMILES string of the molecule is O=C(O)O.c1ccc(-c2ccc(-c3ccccc3)cc2)cc1. The zero-order valence-electron chi connectivity index (χ0n) is 11.9. The van der Waals surface area contributed by atoms with Crippen LogP contribution in [0.4, 0.5) is 4.79 Å². The molecule has 0 radical (unpaired) electrons. The molecule has 3 aromatic carbocycles. The van der Waals surface area contributed by atoms with Crippen molar-refractivity contribution in [1.29, 1.82) is 0 Å². The van der Waals surface area contributed by atoms with E-state index in [9.17, 15) is 0 Å². The fourth-order valence-corrected chi connectivity index (χ4v) is 2.12. The van der Waals surface area contributed by atoms with E-state index >= 15 is 0 Å². The van der Waals surface area contributed by atoms with E-state index in [4.69, 9.17) is 15.0 Å². The number of hydrogen-bond acceptors (Lipinski definition) is 1. The summed E-state index contributed by atoms with van der Waals surface area (Å²) >= 11 is 0. The Labute approximate surface area is 129 Å². The minimum Gasteiger partial charge on any atom is -0.450 e. The van der Waals surface area contributed by atoms with Crippen LogP contribution >= 0.6 is 0 Å². The number of benzene rings is 3. The van der Waals surface area contributed by atoms with Gasteiger partial charge in [-0.15, -0.1) is 0 Å². The predicted octanol–water partition coefficient (Wildman–Crippen LogP) is 5.24. The Bertz CT molecular complexity index is 642. The van der Waals surface area contributed by atoms with Gasteiger partial charge in [-0.25, -0.2) is 4.79 Å². The zero-order chi connectivity index (χ0) is 15.8. The van der Waals surface area contributed by atoms with Crippen LogP contribution in [0, 0.1) is 0 Å². The topological polar surface area (TPSA) is 57.5 Å². The minimum atomic E-state index is -1.83. The quantitative estimate of drug-likeness (QED) is 0.678. The molecule has 0 bridgehead atoms. The van der Waals surface area contributed by atoms with E-state index in [1.807, 2.05) is 12.1 Å². The lowest BCUT2D eigenvalue weighted by Crippen LogP contribution is -1.81.